The minimum Gasteiger partial charge on any atom is -0.393 e. The molecule has 0 saturated carbocycles. The van der Waals surface area contributed by atoms with Crippen LogP contribution in [0.4, 0.5) is 0 Å². The van der Waals surface area contributed by atoms with Gasteiger partial charge in [-0.05, 0) is 36.5 Å². The fraction of sp³-hybridized carbons (Fsp3) is 0.571. The van der Waals surface area contributed by atoms with Crippen LogP contribution in [0.3, 0.4) is 0 Å². The van der Waals surface area contributed by atoms with E-state index >= 15 is 0 Å². The Labute approximate surface area is 114 Å². The Morgan fingerprint density at radius 1 is 1.29 bits per heavy atom. The maximum Gasteiger partial charge on any atom is 0.0583 e. The quantitative estimate of drug-likeness (QED) is 0.796. The predicted octanol–water partition coefficient (Wildman–Crippen LogP) is 4.72. The first kappa shape index (κ1) is 14.8. The standard InChI is InChI=1S/C14H20Cl2O/c1-3-4-10(2)7-13(17)8-11-5-6-12(15)9-14(11)16/h5-6,9-10,13,17H,3-4,7-8H2,1-2H3. The monoisotopic (exact) mass is 274 g/mol. The molecule has 1 N–H and O–H groups in total. The van der Waals surface area contributed by atoms with Crippen LogP contribution in [0, 0.1) is 5.92 Å². The molecule has 1 aromatic carbocycles. The van der Waals surface area contributed by atoms with Crippen LogP contribution in [0.15, 0.2) is 18.2 Å². The molecule has 0 aliphatic heterocycles. The molecule has 0 aliphatic rings. The van der Waals surface area contributed by atoms with E-state index in [1.807, 2.05) is 12.1 Å². The molecule has 96 valence electrons. The summed E-state index contributed by atoms with van der Waals surface area (Å²) in [6.07, 6.45) is 3.42. The molecule has 0 saturated heterocycles. The molecule has 1 rings (SSSR count). The number of benzene rings is 1. The topological polar surface area (TPSA) is 20.2 Å². The molecule has 0 fully saturated rings. The van der Waals surface area contributed by atoms with Gasteiger partial charge in [-0.25, -0.2) is 0 Å². The summed E-state index contributed by atoms with van der Waals surface area (Å²) in [7, 11) is 0. The van der Waals surface area contributed by atoms with Crippen molar-refractivity contribution in [3.05, 3.63) is 33.8 Å². The minimum atomic E-state index is -0.324. The molecule has 3 heteroatoms. The lowest BCUT2D eigenvalue weighted by molar-refractivity contribution is 0.143. The molecule has 1 nitrogen and oxygen atoms in total. The van der Waals surface area contributed by atoms with Crippen LogP contribution in [0.1, 0.15) is 38.7 Å². The average molecular weight is 275 g/mol. The van der Waals surface area contributed by atoms with Crippen molar-refractivity contribution in [2.75, 3.05) is 0 Å². The van der Waals surface area contributed by atoms with E-state index in [2.05, 4.69) is 13.8 Å². The molecular weight excluding hydrogens is 255 g/mol. The van der Waals surface area contributed by atoms with Crippen LogP contribution in [-0.2, 0) is 6.42 Å². The van der Waals surface area contributed by atoms with E-state index in [-0.39, 0.29) is 6.10 Å². The normalized spacial score (nSPS) is 14.6. The van der Waals surface area contributed by atoms with Gasteiger partial charge in [0.25, 0.3) is 0 Å². The fourth-order valence-corrected chi connectivity index (χ4v) is 2.59. The van der Waals surface area contributed by atoms with Gasteiger partial charge < -0.3 is 5.11 Å². The van der Waals surface area contributed by atoms with Gasteiger partial charge in [-0.3, -0.25) is 0 Å². The zero-order valence-electron chi connectivity index (χ0n) is 10.4. The summed E-state index contributed by atoms with van der Waals surface area (Å²) < 4.78 is 0. The Bertz CT molecular complexity index is 352. The highest BCUT2D eigenvalue weighted by molar-refractivity contribution is 6.35. The zero-order valence-corrected chi connectivity index (χ0v) is 11.9. The number of hydrogen-bond donors (Lipinski definition) is 1. The van der Waals surface area contributed by atoms with Crippen molar-refractivity contribution in [3.63, 3.8) is 0 Å². The van der Waals surface area contributed by atoms with Gasteiger partial charge in [-0.15, -0.1) is 0 Å². The van der Waals surface area contributed by atoms with Gasteiger partial charge in [0.05, 0.1) is 6.10 Å². The molecule has 2 atom stereocenters. The summed E-state index contributed by atoms with van der Waals surface area (Å²) in [4.78, 5) is 0. The van der Waals surface area contributed by atoms with Crippen LogP contribution in [0.2, 0.25) is 10.0 Å². The third-order valence-electron chi connectivity index (χ3n) is 2.93. The van der Waals surface area contributed by atoms with Gasteiger partial charge in [0.1, 0.15) is 0 Å². The van der Waals surface area contributed by atoms with Gasteiger partial charge in [-0.1, -0.05) is 56.0 Å². The van der Waals surface area contributed by atoms with Crippen molar-refractivity contribution >= 4 is 23.2 Å². The van der Waals surface area contributed by atoms with Crippen LogP contribution in [0.25, 0.3) is 0 Å². The highest BCUT2D eigenvalue weighted by Gasteiger charge is 2.12. The van der Waals surface area contributed by atoms with Crippen molar-refractivity contribution in [2.24, 2.45) is 5.92 Å². The lowest BCUT2D eigenvalue weighted by Gasteiger charge is -2.16. The van der Waals surface area contributed by atoms with E-state index in [4.69, 9.17) is 23.2 Å². The van der Waals surface area contributed by atoms with Crippen molar-refractivity contribution in [2.45, 2.75) is 45.6 Å². The molecule has 0 radical (unpaired) electrons. The predicted molar refractivity (Wildman–Crippen MR) is 74.9 cm³/mol. The Morgan fingerprint density at radius 3 is 2.59 bits per heavy atom. The largest absolute Gasteiger partial charge is 0.393 e. The second kappa shape index (κ2) is 7.25. The molecular formula is C14H20Cl2O. The van der Waals surface area contributed by atoms with Crippen molar-refractivity contribution in [1.29, 1.82) is 0 Å². The Morgan fingerprint density at radius 2 is 2.00 bits per heavy atom. The zero-order chi connectivity index (χ0) is 12.8. The van der Waals surface area contributed by atoms with E-state index in [1.54, 1.807) is 6.07 Å². The Kier molecular flexibility index (Phi) is 6.32. The van der Waals surface area contributed by atoms with E-state index in [0.29, 0.717) is 22.4 Å². The minimum absolute atomic E-state index is 0.324. The second-order valence-electron chi connectivity index (χ2n) is 4.72. The molecule has 0 aromatic heterocycles. The van der Waals surface area contributed by atoms with Crippen LogP contribution in [0.5, 0.6) is 0 Å². The third-order valence-corrected chi connectivity index (χ3v) is 3.51. The average Bonchev–Trinajstić information content (AvgIpc) is 2.22. The molecule has 0 spiro atoms. The third kappa shape index (κ3) is 5.29. The van der Waals surface area contributed by atoms with Crippen molar-refractivity contribution < 1.29 is 5.11 Å². The van der Waals surface area contributed by atoms with E-state index in [9.17, 15) is 5.11 Å². The summed E-state index contributed by atoms with van der Waals surface area (Å²) in [5.74, 6) is 0.557. The molecule has 0 heterocycles. The number of aliphatic hydroxyl groups excluding tert-OH is 1. The smallest absolute Gasteiger partial charge is 0.0583 e. The van der Waals surface area contributed by atoms with Crippen LogP contribution in [-0.4, -0.2) is 11.2 Å². The lowest BCUT2D eigenvalue weighted by Crippen LogP contribution is -2.15. The molecule has 2 unspecified atom stereocenters. The SMILES string of the molecule is CCCC(C)CC(O)Cc1ccc(Cl)cc1Cl. The summed E-state index contributed by atoms with van der Waals surface area (Å²) >= 11 is 11.9. The van der Waals surface area contributed by atoms with Crippen molar-refractivity contribution in [3.8, 4) is 0 Å². The summed E-state index contributed by atoms with van der Waals surface area (Å²) in [6, 6.07) is 5.42. The summed E-state index contributed by atoms with van der Waals surface area (Å²) in [5, 5.41) is 11.3. The van der Waals surface area contributed by atoms with Crippen LogP contribution < -0.4 is 0 Å². The highest BCUT2D eigenvalue weighted by Crippen LogP contribution is 2.23. The van der Waals surface area contributed by atoms with Gasteiger partial charge in [0, 0.05) is 10.0 Å². The van der Waals surface area contributed by atoms with E-state index in [0.717, 1.165) is 24.8 Å². The number of aliphatic hydroxyl groups is 1. The van der Waals surface area contributed by atoms with Gasteiger partial charge >= 0.3 is 0 Å². The van der Waals surface area contributed by atoms with E-state index < -0.39 is 0 Å². The maximum absolute atomic E-state index is 10.0. The van der Waals surface area contributed by atoms with Gasteiger partial charge in [-0.2, -0.15) is 0 Å². The second-order valence-corrected chi connectivity index (χ2v) is 5.57. The van der Waals surface area contributed by atoms with Gasteiger partial charge in [0.15, 0.2) is 0 Å². The summed E-state index contributed by atoms with van der Waals surface area (Å²) in [6.45, 7) is 4.34. The molecule has 0 bridgehead atoms. The number of hydrogen-bond acceptors (Lipinski definition) is 1. The highest BCUT2D eigenvalue weighted by atomic mass is 35.5. The molecule has 0 amide bonds. The fourth-order valence-electron chi connectivity index (χ4n) is 2.10. The van der Waals surface area contributed by atoms with Gasteiger partial charge in [0.2, 0.25) is 0 Å². The lowest BCUT2D eigenvalue weighted by atomic mass is 9.95. The number of halogens is 2. The first-order chi connectivity index (χ1) is 8.02. The first-order valence-electron chi connectivity index (χ1n) is 6.15. The molecule has 0 aliphatic carbocycles. The van der Waals surface area contributed by atoms with E-state index in [1.165, 1.54) is 0 Å². The van der Waals surface area contributed by atoms with Crippen molar-refractivity contribution in [1.82, 2.24) is 0 Å². The molecule has 17 heavy (non-hydrogen) atoms. The molecule has 1 aromatic rings. The van der Waals surface area contributed by atoms with Crippen LogP contribution >= 0.6 is 23.2 Å². The number of rotatable bonds is 6. The maximum atomic E-state index is 10.0. The first-order valence-corrected chi connectivity index (χ1v) is 6.90. The Hall–Kier alpha value is -0.240. The Balaban J connectivity index is 2.52. The summed E-state index contributed by atoms with van der Waals surface area (Å²) in [5.41, 5.74) is 0.965.